The summed E-state index contributed by atoms with van der Waals surface area (Å²) in [5.41, 5.74) is 3.10. The lowest BCUT2D eigenvalue weighted by atomic mass is 9.65. The average Bonchev–Trinajstić information content (AvgIpc) is 4.08. The lowest BCUT2D eigenvalue weighted by Crippen LogP contribution is -2.55. The first kappa shape index (κ1) is 47.7. The highest BCUT2D eigenvalue weighted by Crippen LogP contribution is 2.66. The fourth-order valence-corrected chi connectivity index (χ4v) is 11.8. The van der Waals surface area contributed by atoms with Crippen molar-refractivity contribution in [2.75, 3.05) is 30.5 Å². The summed E-state index contributed by atoms with van der Waals surface area (Å²) in [6.45, 7) is 1.65. The number of imide groups is 1. The Morgan fingerprint density at radius 3 is 2.08 bits per heavy atom. The average molecular weight is 1000 g/mol. The summed E-state index contributed by atoms with van der Waals surface area (Å²) < 4.78 is 18.7. The van der Waals surface area contributed by atoms with Crippen LogP contribution in [0.4, 0.5) is 15.6 Å². The summed E-state index contributed by atoms with van der Waals surface area (Å²) in [5.74, 6) is 3.93. The molecule has 3 N–H and O–H groups in total. The molecule has 0 bridgehead atoms. The van der Waals surface area contributed by atoms with Crippen molar-refractivity contribution in [3.05, 3.63) is 221 Å². The number of ether oxygens (including phenoxy) is 3. The van der Waals surface area contributed by atoms with Gasteiger partial charge in [-0.15, -0.1) is 0 Å². The van der Waals surface area contributed by atoms with Crippen molar-refractivity contribution in [1.29, 1.82) is 0 Å². The number of carbonyl (C=O) groups is 4. The highest BCUT2D eigenvalue weighted by atomic mass is 32.1. The van der Waals surface area contributed by atoms with Crippen molar-refractivity contribution in [3.8, 4) is 23.3 Å². The number of thiazole rings is 1. The van der Waals surface area contributed by atoms with Crippen LogP contribution in [-0.2, 0) is 24.5 Å². The van der Waals surface area contributed by atoms with Crippen LogP contribution in [0, 0.1) is 17.8 Å². The van der Waals surface area contributed by atoms with Crippen LogP contribution in [0.15, 0.2) is 182 Å². The van der Waals surface area contributed by atoms with E-state index in [9.17, 15) is 5.11 Å². The van der Waals surface area contributed by atoms with Crippen LogP contribution in [0.3, 0.4) is 0 Å². The Kier molecular flexibility index (Phi) is 13.0. The van der Waals surface area contributed by atoms with Crippen LogP contribution in [0.2, 0.25) is 0 Å². The molecule has 4 amide bonds. The fraction of sp³-hybridized carbons (Fsp3) is 0.183. The number of anilines is 2. The molecule has 3 aliphatic heterocycles. The normalized spacial score (nSPS) is 21.2. The second kappa shape index (κ2) is 20.1. The van der Waals surface area contributed by atoms with E-state index in [0.29, 0.717) is 44.8 Å². The molecule has 11 rings (SSSR count). The van der Waals surface area contributed by atoms with Gasteiger partial charge in [-0.05, 0) is 101 Å². The molecule has 7 aromatic carbocycles. The van der Waals surface area contributed by atoms with Crippen molar-refractivity contribution in [1.82, 2.24) is 15.2 Å². The van der Waals surface area contributed by atoms with E-state index in [4.69, 9.17) is 19.2 Å². The summed E-state index contributed by atoms with van der Waals surface area (Å²) in [6, 6.07) is 50.8. The van der Waals surface area contributed by atoms with Gasteiger partial charge in [0.05, 0.1) is 53.7 Å². The fourth-order valence-electron chi connectivity index (χ4n) is 10.9. The number of hydrogen-bond acceptors (Lipinski definition) is 11. The van der Waals surface area contributed by atoms with Gasteiger partial charge in [-0.3, -0.25) is 19.3 Å². The Morgan fingerprint density at radius 1 is 0.757 bits per heavy atom. The van der Waals surface area contributed by atoms with Crippen LogP contribution >= 0.6 is 11.3 Å². The van der Waals surface area contributed by atoms with Gasteiger partial charge in [-0.25, -0.2) is 14.7 Å². The maximum absolute atomic E-state index is 16.8. The summed E-state index contributed by atoms with van der Waals surface area (Å²) >= 11 is 1.26. The van der Waals surface area contributed by atoms with E-state index in [-0.39, 0.29) is 24.0 Å². The highest BCUT2D eigenvalue weighted by Gasteiger charge is 2.75. The van der Waals surface area contributed by atoms with Gasteiger partial charge < -0.3 is 30.0 Å². The molecular formula is C60H49N5O8S. The first-order valence-corrected chi connectivity index (χ1v) is 25.1. The molecule has 7 unspecified atom stereocenters. The zero-order valence-corrected chi connectivity index (χ0v) is 41.1. The number of morpholine rings is 1. The van der Waals surface area contributed by atoms with Crippen molar-refractivity contribution >= 4 is 56.2 Å². The number of nitrogens with one attached hydrogen (secondary N) is 2. The third kappa shape index (κ3) is 8.50. The van der Waals surface area contributed by atoms with Gasteiger partial charge in [0.2, 0.25) is 11.8 Å². The smallest absolute Gasteiger partial charge is 0.329 e. The number of para-hydroxylation sites is 1. The number of cyclic esters (lactones) is 1. The quantitative estimate of drug-likeness (QED) is 0.0841. The molecule has 0 radical (unpaired) electrons. The van der Waals surface area contributed by atoms with Crippen molar-refractivity contribution < 1.29 is 38.5 Å². The zero-order valence-electron chi connectivity index (χ0n) is 40.3. The first-order chi connectivity index (χ1) is 36.2. The molecule has 1 aromatic heterocycles. The topological polar surface area (TPSA) is 160 Å². The predicted octanol–water partition coefficient (Wildman–Crippen LogP) is 9.85. The van der Waals surface area contributed by atoms with Crippen molar-refractivity contribution in [3.63, 3.8) is 0 Å². The van der Waals surface area contributed by atoms with Crippen LogP contribution in [-0.4, -0.2) is 65.2 Å². The van der Waals surface area contributed by atoms with Crippen molar-refractivity contribution in [2.24, 2.45) is 5.92 Å². The monoisotopic (exact) mass is 999 g/mol. The number of nitrogens with zero attached hydrogens (tertiary/aromatic N) is 3. The molecule has 3 aliphatic rings. The second-order valence-electron chi connectivity index (χ2n) is 18.3. The summed E-state index contributed by atoms with van der Waals surface area (Å²) in [4.78, 5) is 71.7. The zero-order chi connectivity index (χ0) is 50.9. The van der Waals surface area contributed by atoms with Crippen LogP contribution in [0.5, 0.6) is 11.5 Å². The minimum absolute atomic E-state index is 0.0350. The van der Waals surface area contributed by atoms with E-state index < -0.39 is 65.4 Å². The summed E-state index contributed by atoms with van der Waals surface area (Å²) in [7, 11) is 1.59. The molecule has 368 valence electrons. The van der Waals surface area contributed by atoms with E-state index in [2.05, 4.69) is 22.5 Å². The van der Waals surface area contributed by atoms with E-state index in [1.165, 1.54) is 11.3 Å². The van der Waals surface area contributed by atoms with E-state index in [1.807, 2.05) is 163 Å². The minimum atomic E-state index is -2.06. The number of rotatable bonds is 11. The molecular weight excluding hydrogens is 951 g/mol. The number of amides is 4. The number of aromatic nitrogens is 1. The lowest BCUT2D eigenvalue weighted by molar-refractivity contribution is -0.177. The number of fused-ring (bicyclic) bond motifs is 4. The highest BCUT2D eigenvalue weighted by molar-refractivity contribution is 7.22. The van der Waals surface area contributed by atoms with Crippen molar-refractivity contribution in [2.45, 2.75) is 42.6 Å². The third-order valence-corrected chi connectivity index (χ3v) is 15.1. The third-order valence-electron chi connectivity index (χ3n) is 14.1. The lowest BCUT2D eigenvalue weighted by Gasteiger charge is -2.46. The summed E-state index contributed by atoms with van der Waals surface area (Å²) in [6.07, 6.45) is -0.927. The standard InChI is InChI=1S/C60H49N5O8S/c1-37(40-14-6-3-7-15-40)61-59(70)64-48-33-26-39(23-22-38-24-29-44(71-2)30-25-38)36-46(48)60(57(64)69)50(55(67)63-58-62-47-20-12-13-21-49(47)74-58)52-56(68)73-53(42-18-10-5-11-19-42)51(41-16-8-4-9-17-41)65(52)54(60)43-27-31-45(32-28-43)72-35-34-66/h3-21,24-33,36-37,50-54,66H,34-35H2,1-2H3,(H,61,70)(H,62,63,67). The summed E-state index contributed by atoms with van der Waals surface area (Å²) in [5, 5.41) is 16.1. The van der Waals surface area contributed by atoms with Gasteiger partial charge >= 0.3 is 12.0 Å². The Labute approximate surface area is 431 Å². The molecule has 0 aliphatic carbocycles. The van der Waals surface area contributed by atoms with Crippen LogP contribution in [0.1, 0.15) is 70.1 Å². The molecule has 2 fully saturated rings. The molecule has 8 aromatic rings. The Morgan fingerprint density at radius 2 is 1.39 bits per heavy atom. The van der Waals surface area contributed by atoms with Gasteiger partial charge in [0.25, 0.3) is 0 Å². The van der Waals surface area contributed by atoms with Gasteiger partial charge in [0, 0.05) is 11.1 Å². The molecule has 0 saturated carbocycles. The van der Waals surface area contributed by atoms with Gasteiger partial charge in [-0.1, -0.05) is 138 Å². The Bertz CT molecular complexity index is 3420. The number of benzene rings is 7. The maximum Gasteiger partial charge on any atom is 0.329 e. The minimum Gasteiger partial charge on any atom is -0.497 e. The van der Waals surface area contributed by atoms with Gasteiger partial charge in [0.15, 0.2) is 5.13 Å². The number of hydrogen-bond donors (Lipinski definition) is 3. The van der Waals surface area contributed by atoms with E-state index in [0.717, 1.165) is 20.7 Å². The number of urea groups is 1. The molecule has 1 spiro atoms. The molecule has 4 heterocycles. The van der Waals surface area contributed by atoms with Gasteiger partial charge in [0.1, 0.15) is 35.7 Å². The molecule has 2 saturated heterocycles. The predicted molar refractivity (Wildman–Crippen MR) is 282 cm³/mol. The number of aliphatic hydroxyl groups is 1. The Hall–Kier alpha value is -8.61. The Balaban J connectivity index is 1.19. The largest absolute Gasteiger partial charge is 0.497 e. The first-order valence-electron chi connectivity index (χ1n) is 24.3. The maximum atomic E-state index is 16.8. The molecule has 13 nitrogen and oxygen atoms in total. The molecule has 74 heavy (non-hydrogen) atoms. The van der Waals surface area contributed by atoms with Crippen LogP contribution in [0.25, 0.3) is 10.2 Å². The second-order valence-corrected chi connectivity index (χ2v) is 19.3. The van der Waals surface area contributed by atoms with E-state index in [1.54, 1.807) is 37.4 Å². The number of carbonyl (C=O) groups excluding carboxylic acids is 4. The van der Waals surface area contributed by atoms with Gasteiger partial charge in [-0.2, -0.15) is 0 Å². The molecule has 14 heteroatoms. The number of esters is 1. The number of methoxy groups -OCH3 is 1. The van der Waals surface area contributed by atoms with E-state index >= 15 is 19.2 Å². The number of aliphatic hydroxyl groups excluding tert-OH is 1. The molecule has 7 atom stereocenters. The SMILES string of the molecule is COc1ccc(C#Cc2ccc3c(c2)C2(C(=O)N3C(=O)NC(C)c3ccccc3)C(C(=O)Nc3nc4ccccc4s3)C3C(=O)OC(c4ccccc4)C(c4ccccc4)N3C2c2ccc(OCCO)cc2)cc1. The van der Waals surface area contributed by atoms with Crippen LogP contribution < -0.4 is 25.0 Å².